The van der Waals surface area contributed by atoms with Gasteiger partial charge in [-0.15, -0.1) is 0 Å². The van der Waals surface area contributed by atoms with Gasteiger partial charge in [-0.05, 0) is 44.9 Å². The third-order valence-electron chi connectivity index (χ3n) is 3.09. The largest absolute Gasteiger partial charge is 0.366 e. The van der Waals surface area contributed by atoms with E-state index in [0.717, 1.165) is 12.4 Å². The molecule has 3 heteroatoms. The molecule has 0 aromatic carbocycles. The van der Waals surface area contributed by atoms with Crippen LogP contribution in [0.4, 0.5) is 5.82 Å². The van der Waals surface area contributed by atoms with Gasteiger partial charge in [-0.1, -0.05) is 6.07 Å². The van der Waals surface area contributed by atoms with Crippen LogP contribution in [0.2, 0.25) is 0 Å². The number of pyridine rings is 1. The number of hydrogen-bond donors (Lipinski definition) is 2. The molecule has 1 aliphatic heterocycles. The molecule has 2 atom stereocenters. The van der Waals surface area contributed by atoms with E-state index < -0.39 is 0 Å². The highest BCUT2D eigenvalue weighted by Gasteiger charge is 2.20. The standard InChI is InChI=1S/C12H19N3/c1-9-5-3-8-14-12(9)15-11-6-4-7-13-10(11)2/h3,5,8,10-11,13H,4,6-7H2,1-2H3,(H,14,15). The molecule has 0 radical (unpaired) electrons. The smallest absolute Gasteiger partial charge is 0.129 e. The number of hydrogen-bond acceptors (Lipinski definition) is 3. The molecule has 0 amide bonds. The number of nitrogens with zero attached hydrogens (tertiary/aromatic N) is 1. The average molecular weight is 205 g/mol. The van der Waals surface area contributed by atoms with E-state index in [9.17, 15) is 0 Å². The Kier molecular flexibility index (Phi) is 3.21. The van der Waals surface area contributed by atoms with Gasteiger partial charge < -0.3 is 10.6 Å². The van der Waals surface area contributed by atoms with Crippen molar-refractivity contribution < 1.29 is 0 Å². The van der Waals surface area contributed by atoms with Gasteiger partial charge in [0.1, 0.15) is 5.82 Å². The number of aromatic nitrogens is 1. The summed E-state index contributed by atoms with van der Waals surface area (Å²) in [6, 6.07) is 5.10. The lowest BCUT2D eigenvalue weighted by Crippen LogP contribution is -2.46. The minimum atomic E-state index is 0.507. The molecule has 15 heavy (non-hydrogen) atoms. The zero-order valence-corrected chi connectivity index (χ0v) is 9.46. The summed E-state index contributed by atoms with van der Waals surface area (Å²) < 4.78 is 0. The Morgan fingerprint density at radius 2 is 2.40 bits per heavy atom. The first-order chi connectivity index (χ1) is 7.27. The molecule has 1 aliphatic rings. The molecule has 3 nitrogen and oxygen atoms in total. The van der Waals surface area contributed by atoms with Crippen LogP contribution in [-0.4, -0.2) is 23.6 Å². The quantitative estimate of drug-likeness (QED) is 0.774. The van der Waals surface area contributed by atoms with Crippen LogP contribution in [0.5, 0.6) is 0 Å². The highest BCUT2D eigenvalue weighted by molar-refractivity contribution is 5.43. The van der Waals surface area contributed by atoms with Crippen LogP contribution < -0.4 is 10.6 Å². The normalized spacial score (nSPS) is 26.3. The van der Waals surface area contributed by atoms with Crippen LogP contribution in [0.3, 0.4) is 0 Å². The van der Waals surface area contributed by atoms with E-state index >= 15 is 0 Å². The van der Waals surface area contributed by atoms with E-state index in [0.29, 0.717) is 12.1 Å². The van der Waals surface area contributed by atoms with Crippen LogP contribution in [0, 0.1) is 6.92 Å². The lowest BCUT2D eigenvalue weighted by Gasteiger charge is -2.31. The molecule has 2 rings (SSSR count). The fourth-order valence-corrected chi connectivity index (χ4v) is 2.05. The third-order valence-corrected chi connectivity index (χ3v) is 3.09. The summed E-state index contributed by atoms with van der Waals surface area (Å²) in [5.41, 5.74) is 1.22. The molecule has 1 saturated heterocycles. The second-order valence-electron chi connectivity index (χ2n) is 4.30. The lowest BCUT2D eigenvalue weighted by atomic mass is 10.00. The Labute approximate surface area is 91.3 Å². The van der Waals surface area contributed by atoms with Crippen molar-refractivity contribution in [3.05, 3.63) is 23.9 Å². The molecule has 0 spiro atoms. The maximum atomic E-state index is 4.37. The van der Waals surface area contributed by atoms with Gasteiger partial charge in [-0.2, -0.15) is 0 Å². The monoisotopic (exact) mass is 205 g/mol. The van der Waals surface area contributed by atoms with Crippen molar-refractivity contribution in [2.75, 3.05) is 11.9 Å². The van der Waals surface area contributed by atoms with Gasteiger partial charge in [0.2, 0.25) is 0 Å². The highest BCUT2D eigenvalue weighted by Crippen LogP contribution is 2.16. The van der Waals surface area contributed by atoms with Crippen molar-refractivity contribution in [3.63, 3.8) is 0 Å². The Hall–Kier alpha value is -1.09. The maximum absolute atomic E-state index is 4.37. The Balaban J connectivity index is 2.04. The summed E-state index contributed by atoms with van der Waals surface area (Å²) in [4.78, 5) is 4.37. The first-order valence-corrected chi connectivity index (χ1v) is 5.69. The van der Waals surface area contributed by atoms with Crippen LogP contribution in [0.25, 0.3) is 0 Å². The van der Waals surface area contributed by atoms with Crippen LogP contribution in [0.1, 0.15) is 25.3 Å². The second-order valence-corrected chi connectivity index (χ2v) is 4.30. The molecular weight excluding hydrogens is 186 g/mol. The topological polar surface area (TPSA) is 37.0 Å². The number of nitrogens with one attached hydrogen (secondary N) is 2. The SMILES string of the molecule is Cc1cccnc1NC1CCCNC1C. The molecule has 82 valence electrons. The fourth-order valence-electron chi connectivity index (χ4n) is 2.05. The van der Waals surface area contributed by atoms with Crippen LogP contribution >= 0.6 is 0 Å². The fraction of sp³-hybridized carbons (Fsp3) is 0.583. The molecule has 2 heterocycles. The number of rotatable bonds is 2. The van der Waals surface area contributed by atoms with Crippen molar-refractivity contribution in [1.82, 2.24) is 10.3 Å². The van der Waals surface area contributed by atoms with Crippen molar-refractivity contribution in [3.8, 4) is 0 Å². The summed E-state index contributed by atoms with van der Waals surface area (Å²) in [6.45, 7) is 5.46. The van der Waals surface area contributed by atoms with Crippen molar-refractivity contribution in [2.24, 2.45) is 0 Å². The van der Waals surface area contributed by atoms with Crippen molar-refractivity contribution >= 4 is 5.82 Å². The van der Waals surface area contributed by atoms with Gasteiger partial charge in [0.05, 0.1) is 0 Å². The van der Waals surface area contributed by atoms with Crippen molar-refractivity contribution in [1.29, 1.82) is 0 Å². The first-order valence-electron chi connectivity index (χ1n) is 5.69. The lowest BCUT2D eigenvalue weighted by molar-refractivity contribution is 0.388. The summed E-state index contributed by atoms with van der Waals surface area (Å²) in [5, 5.41) is 7.01. The maximum Gasteiger partial charge on any atom is 0.129 e. The molecular formula is C12H19N3. The third kappa shape index (κ3) is 2.48. The predicted molar refractivity (Wildman–Crippen MR) is 63.1 cm³/mol. The van der Waals surface area contributed by atoms with Crippen LogP contribution in [0.15, 0.2) is 18.3 Å². The van der Waals surface area contributed by atoms with E-state index in [1.165, 1.54) is 18.4 Å². The van der Waals surface area contributed by atoms with E-state index in [1.807, 2.05) is 12.3 Å². The van der Waals surface area contributed by atoms with Crippen LogP contribution in [-0.2, 0) is 0 Å². The van der Waals surface area contributed by atoms with E-state index in [-0.39, 0.29) is 0 Å². The Morgan fingerprint density at radius 1 is 1.53 bits per heavy atom. The Bertz CT molecular complexity index is 324. The second kappa shape index (κ2) is 4.62. The van der Waals surface area contributed by atoms with Gasteiger partial charge in [-0.25, -0.2) is 4.98 Å². The average Bonchev–Trinajstić information content (AvgIpc) is 2.24. The van der Waals surface area contributed by atoms with Gasteiger partial charge in [0, 0.05) is 18.3 Å². The zero-order chi connectivity index (χ0) is 10.7. The molecule has 0 saturated carbocycles. The molecule has 2 N–H and O–H groups in total. The molecule has 0 bridgehead atoms. The van der Waals surface area contributed by atoms with Gasteiger partial charge >= 0.3 is 0 Å². The molecule has 0 aliphatic carbocycles. The van der Waals surface area contributed by atoms with Crippen molar-refractivity contribution in [2.45, 2.75) is 38.8 Å². The van der Waals surface area contributed by atoms with E-state index in [2.05, 4.69) is 35.5 Å². The van der Waals surface area contributed by atoms with Gasteiger partial charge in [0.15, 0.2) is 0 Å². The molecule has 2 unspecified atom stereocenters. The number of piperidine rings is 1. The van der Waals surface area contributed by atoms with Gasteiger partial charge in [0.25, 0.3) is 0 Å². The predicted octanol–water partition coefficient (Wildman–Crippen LogP) is 1.94. The molecule has 1 aromatic heterocycles. The summed E-state index contributed by atoms with van der Waals surface area (Å²) in [5.74, 6) is 1.03. The molecule has 1 aromatic rings. The summed E-state index contributed by atoms with van der Waals surface area (Å²) in [7, 11) is 0. The first kappa shape index (κ1) is 10.4. The summed E-state index contributed by atoms with van der Waals surface area (Å²) >= 11 is 0. The minimum absolute atomic E-state index is 0.507. The molecule has 1 fully saturated rings. The number of aryl methyl sites for hydroxylation is 1. The summed E-state index contributed by atoms with van der Waals surface area (Å²) in [6.07, 6.45) is 4.31. The van der Waals surface area contributed by atoms with E-state index in [1.54, 1.807) is 0 Å². The Morgan fingerprint density at radius 3 is 3.13 bits per heavy atom. The number of anilines is 1. The minimum Gasteiger partial charge on any atom is -0.366 e. The highest BCUT2D eigenvalue weighted by atomic mass is 15.1. The van der Waals surface area contributed by atoms with E-state index in [4.69, 9.17) is 0 Å². The van der Waals surface area contributed by atoms with Gasteiger partial charge in [-0.3, -0.25) is 0 Å². The zero-order valence-electron chi connectivity index (χ0n) is 9.46.